The molecule has 0 N–H and O–H groups in total. The topological polar surface area (TPSA) is 12.5 Å². The highest BCUT2D eigenvalue weighted by atomic mass is 16.5. The van der Waals surface area contributed by atoms with Crippen LogP contribution in [0.4, 0.5) is 0 Å². The molecular weight excluding hydrogens is 260 g/mol. The predicted octanol–water partition coefficient (Wildman–Crippen LogP) is 3.02. The summed E-state index contributed by atoms with van der Waals surface area (Å²) < 4.78 is 7.12. The number of benzene rings is 1. The molecule has 2 rings (SSSR count). The van der Waals surface area contributed by atoms with Gasteiger partial charge in [0, 0.05) is 13.1 Å². The minimum Gasteiger partial charge on any atom is -0.494 e. The van der Waals surface area contributed by atoms with Gasteiger partial charge in [-0.1, -0.05) is 25.1 Å². The van der Waals surface area contributed by atoms with Crippen molar-refractivity contribution in [3.8, 4) is 5.75 Å². The molecule has 1 aliphatic rings. The fraction of sp³-hybridized carbons (Fsp3) is 0.667. The molecule has 1 aromatic rings. The van der Waals surface area contributed by atoms with E-state index in [-0.39, 0.29) is 0 Å². The summed E-state index contributed by atoms with van der Waals surface area (Å²) in [5.41, 5.74) is 0. The number of hydrogen-bond acceptors (Lipinski definition) is 2. The van der Waals surface area contributed by atoms with Crippen molar-refractivity contribution in [3.05, 3.63) is 30.3 Å². The normalized spacial score (nSPS) is 18.6. The van der Waals surface area contributed by atoms with Crippen LogP contribution in [0.5, 0.6) is 5.75 Å². The van der Waals surface area contributed by atoms with Crippen molar-refractivity contribution in [2.24, 2.45) is 0 Å². The molecule has 1 aliphatic heterocycles. The van der Waals surface area contributed by atoms with Crippen LogP contribution in [-0.2, 0) is 0 Å². The second kappa shape index (κ2) is 8.40. The number of hydrogen-bond donors (Lipinski definition) is 0. The summed E-state index contributed by atoms with van der Waals surface area (Å²) in [6.07, 6.45) is 3.73. The Morgan fingerprint density at radius 1 is 1.05 bits per heavy atom. The zero-order chi connectivity index (χ0) is 15.0. The minimum atomic E-state index is 0.843. The molecule has 0 amide bonds. The van der Waals surface area contributed by atoms with Crippen molar-refractivity contribution in [1.29, 1.82) is 0 Å². The van der Waals surface area contributed by atoms with E-state index < -0.39 is 0 Å². The van der Waals surface area contributed by atoms with E-state index in [4.69, 9.17) is 4.74 Å². The SMILES string of the molecule is CCC[N+]1(CCCCOc2ccccc2)CCN(C)CC1. The summed E-state index contributed by atoms with van der Waals surface area (Å²) in [4.78, 5) is 2.46. The zero-order valence-corrected chi connectivity index (χ0v) is 13.8. The zero-order valence-electron chi connectivity index (χ0n) is 13.8. The third-order valence-electron chi connectivity index (χ3n) is 4.65. The summed E-state index contributed by atoms with van der Waals surface area (Å²) in [5, 5.41) is 0. The van der Waals surface area contributed by atoms with E-state index in [0.29, 0.717) is 0 Å². The Morgan fingerprint density at radius 2 is 1.76 bits per heavy atom. The Kier molecular flexibility index (Phi) is 6.52. The standard InChI is InChI=1S/C18H31N2O/c1-3-13-20(15-11-19(2)12-16-20)14-7-8-17-21-18-9-5-4-6-10-18/h4-6,9-10H,3,7-8,11-17H2,1-2H3/q+1. The summed E-state index contributed by atoms with van der Waals surface area (Å²) >= 11 is 0. The average Bonchev–Trinajstić information content (AvgIpc) is 2.51. The van der Waals surface area contributed by atoms with Crippen LogP contribution in [-0.4, -0.2) is 62.3 Å². The maximum absolute atomic E-state index is 5.79. The third-order valence-corrected chi connectivity index (χ3v) is 4.65. The van der Waals surface area contributed by atoms with Gasteiger partial charge in [0.25, 0.3) is 0 Å². The lowest BCUT2D eigenvalue weighted by Crippen LogP contribution is -2.59. The summed E-state index contributed by atoms with van der Waals surface area (Å²) in [7, 11) is 2.24. The Bertz CT molecular complexity index is 385. The molecule has 3 heteroatoms. The Balaban J connectivity index is 1.68. The van der Waals surface area contributed by atoms with Crippen molar-refractivity contribution in [2.75, 3.05) is 52.9 Å². The molecule has 0 atom stereocenters. The Labute approximate surface area is 130 Å². The molecule has 21 heavy (non-hydrogen) atoms. The summed E-state index contributed by atoms with van der Waals surface area (Å²) in [5.74, 6) is 0.995. The molecule has 1 heterocycles. The first-order chi connectivity index (χ1) is 10.2. The number of para-hydroxylation sites is 1. The van der Waals surface area contributed by atoms with Gasteiger partial charge in [0.1, 0.15) is 5.75 Å². The number of ether oxygens (including phenoxy) is 1. The first-order valence-corrected chi connectivity index (χ1v) is 8.46. The molecule has 1 saturated heterocycles. The van der Waals surface area contributed by atoms with E-state index in [0.717, 1.165) is 18.8 Å². The maximum Gasteiger partial charge on any atom is 0.119 e. The molecule has 0 aliphatic carbocycles. The molecular formula is C18H31N2O+. The number of quaternary nitrogens is 1. The van der Waals surface area contributed by atoms with Crippen molar-refractivity contribution in [1.82, 2.24) is 4.90 Å². The minimum absolute atomic E-state index is 0.843. The molecule has 0 aromatic heterocycles. The fourth-order valence-electron chi connectivity index (χ4n) is 3.28. The van der Waals surface area contributed by atoms with Crippen LogP contribution in [0.25, 0.3) is 0 Å². The van der Waals surface area contributed by atoms with Gasteiger partial charge >= 0.3 is 0 Å². The molecule has 118 valence electrons. The van der Waals surface area contributed by atoms with Crippen LogP contribution in [0, 0.1) is 0 Å². The van der Waals surface area contributed by atoms with E-state index in [1.54, 1.807) is 0 Å². The summed E-state index contributed by atoms with van der Waals surface area (Å²) in [6.45, 7) is 11.0. The number of likely N-dealkylation sites (N-methyl/N-ethyl adjacent to an activating group) is 1. The van der Waals surface area contributed by atoms with E-state index in [9.17, 15) is 0 Å². The molecule has 0 unspecified atom stereocenters. The number of nitrogens with zero attached hydrogens (tertiary/aromatic N) is 2. The molecule has 3 nitrogen and oxygen atoms in total. The molecule has 1 fully saturated rings. The van der Waals surface area contributed by atoms with Crippen LogP contribution >= 0.6 is 0 Å². The van der Waals surface area contributed by atoms with Gasteiger partial charge in [-0.25, -0.2) is 0 Å². The lowest BCUT2D eigenvalue weighted by atomic mass is 10.2. The van der Waals surface area contributed by atoms with E-state index in [1.165, 1.54) is 56.6 Å². The van der Waals surface area contributed by atoms with Crippen LogP contribution < -0.4 is 4.74 Å². The van der Waals surface area contributed by atoms with Crippen LogP contribution in [0.2, 0.25) is 0 Å². The van der Waals surface area contributed by atoms with E-state index >= 15 is 0 Å². The van der Waals surface area contributed by atoms with Gasteiger partial charge < -0.3 is 9.22 Å². The quantitative estimate of drug-likeness (QED) is 0.539. The first kappa shape index (κ1) is 16.3. The van der Waals surface area contributed by atoms with Crippen molar-refractivity contribution in [3.63, 3.8) is 0 Å². The molecule has 0 spiro atoms. The lowest BCUT2D eigenvalue weighted by molar-refractivity contribution is -0.932. The molecule has 0 saturated carbocycles. The van der Waals surface area contributed by atoms with Gasteiger partial charge in [-0.15, -0.1) is 0 Å². The predicted molar refractivity (Wildman–Crippen MR) is 88.7 cm³/mol. The first-order valence-electron chi connectivity index (χ1n) is 8.46. The van der Waals surface area contributed by atoms with Crippen molar-refractivity contribution in [2.45, 2.75) is 26.2 Å². The number of rotatable bonds is 8. The molecule has 0 radical (unpaired) electrons. The van der Waals surface area contributed by atoms with Crippen LogP contribution in [0.3, 0.4) is 0 Å². The number of piperazine rings is 1. The second-order valence-corrected chi connectivity index (χ2v) is 6.41. The second-order valence-electron chi connectivity index (χ2n) is 6.41. The van der Waals surface area contributed by atoms with Gasteiger partial charge in [0.05, 0.1) is 32.8 Å². The highest BCUT2D eigenvalue weighted by molar-refractivity contribution is 5.20. The smallest absolute Gasteiger partial charge is 0.119 e. The lowest BCUT2D eigenvalue weighted by Gasteiger charge is -2.44. The van der Waals surface area contributed by atoms with Gasteiger partial charge in [0.15, 0.2) is 0 Å². The maximum atomic E-state index is 5.79. The van der Waals surface area contributed by atoms with Crippen LogP contribution in [0.1, 0.15) is 26.2 Å². The van der Waals surface area contributed by atoms with E-state index in [2.05, 4.69) is 18.9 Å². The number of unbranched alkanes of at least 4 members (excludes halogenated alkanes) is 1. The molecule has 0 bridgehead atoms. The van der Waals surface area contributed by atoms with Gasteiger partial charge in [0.2, 0.25) is 0 Å². The highest BCUT2D eigenvalue weighted by Crippen LogP contribution is 2.16. The average molecular weight is 291 g/mol. The Hall–Kier alpha value is -1.06. The summed E-state index contributed by atoms with van der Waals surface area (Å²) in [6, 6.07) is 10.2. The van der Waals surface area contributed by atoms with Crippen molar-refractivity contribution >= 4 is 0 Å². The highest BCUT2D eigenvalue weighted by Gasteiger charge is 2.30. The van der Waals surface area contributed by atoms with Crippen molar-refractivity contribution < 1.29 is 9.22 Å². The van der Waals surface area contributed by atoms with Gasteiger partial charge in [-0.2, -0.15) is 0 Å². The van der Waals surface area contributed by atoms with Crippen LogP contribution in [0.15, 0.2) is 30.3 Å². The third kappa shape index (κ3) is 5.33. The van der Waals surface area contributed by atoms with Gasteiger partial charge in [-0.05, 0) is 38.4 Å². The van der Waals surface area contributed by atoms with E-state index in [1.807, 2.05) is 30.3 Å². The fourth-order valence-corrected chi connectivity index (χ4v) is 3.28. The largest absolute Gasteiger partial charge is 0.494 e. The monoisotopic (exact) mass is 291 g/mol. The molecule has 1 aromatic carbocycles. The Morgan fingerprint density at radius 3 is 2.43 bits per heavy atom. The van der Waals surface area contributed by atoms with Gasteiger partial charge in [-0.3, -0.25) is 4.90 Å².